The first kappa shape index (κ1) is 22.3. The molecule has 2 aromatic rings. The fraction of sp³-hybridized carbons (Fsp3) is 0.300. The lowest BCUT2D eigenvalue weighted by Crippen LogP contribution is -2.47. The topological polar surface area (TPSA) is 194 Å². The van der Waals surface area contributed by atoms with Gasteiger partial charge >= 0.3 is 5.97 Å². The van der Waals surface area contributed by atoms with Gasteiger partial charge in [0.25, 0.3) is 0 Å². The summed E-state index contributed by atoms with van der Waals surface area (Å²) in [6.45, 7) is -1.19. The minimum atomic E-state index is -2.00. The van der Waals surface area contributed by atoms with Crippen molar-refractivity contribution >= 4 is 12.3 Å². The number of aromatic hydroxyl groups is 4. The minimum Gasteiger partial charge on any atom is -0.508 e. The Hall–Kier alpha value is -3.38. The maximum absolute atomic E-state index is 12.1. The van der Waals surface area contributed by atoms with E-state index in [2.05, 4.69) is 0 Å². The van der Waals surface area contributed by atoms with Gasteiger partial charge in [-0.1, -0.05) is 18.2 Å². The molecule has 0 unspecified atom stereocenters. The largest absolute Gasteiger partial charge is 0.508 e. The number of aliphatic hydroxyl groups excluding tert-OH is 3. The van der Waals surface area contributed by atoms with Crippen LogP contribution in [0.1, 0.15) is 17.3 Å². The van der Waals surface area contributed by atoms with Crippen molar-refractivity contribution in [3.63, 3.8) is 0 Å². The molecule has 0 aliphatic rings. The van der Waals surface area contributed by atoms with Gasteiger partial charge in [-0.25, -0.2) is 4.79 Å². The van der Waals surface area contributed by atoms with Gasteiger partial charge in [0.15, 0.2) is 23.5 Å². The van der Waals surface area contributed by atoms with E-state index in [-0.39, 0.29) is 18.6 Å². The Kier molecular flexibility index (Phi) is 7.62. The lowest BCUT2D eigenvalue weighted by Gasteiger charge is -2.26. The average molecular weight is 439 g/mol. The summed E-state index contributed by atoms with van der Waals surface area (Å²) >= 11 is 0. The molecule has 2 rings (SSSR count). The molecule has 0 bridgehead atoms. The Morgan fingerprint density at radius 1 is 1.03 bits per heavy atom. The number of hydrogen-bond donors (Lipinski definition) is 7. The van der Waals surface area contributed by atoms with Crippen LogP contribution in [0, 0.1) is 0 Å². The standard InChI is InChI=1S/C20H22O11/c21-7-16(30-8-10-3-1-2-4-12(10)22)19(28)18(27)15(25)9-31-20(29)11-5-13(23)17(26)14(24)6-11/h1-7,15-16,18-19,22-28H,8-9H2/t15-,16+,18-,19-/m1/s1/i5D. The summed E-state index contributed by atoms with van der Waals surface area (Å²) in [6.07, 6.45) is -7.24. The molecule has 0 radical (unpaired) electrons. The van der Waals surface area contributed by atoms with Crippen molar-refractivity contribution in [3.05, 3.63) is 47.5 Å². The van der Waals surface area contributed by atoms with Crippen LogP contribution in [0.15, 0.2) is 36.4 Å². The number of esters is 1. The van der Waals surface area contributed by atoms with Crippen LogP contribution in [0.25, 0.3) is 0 Å². The SMILES string of the molecule is [2H]c1c(C(=O)OC[C@@H](O)[C@@H](O)[C@H](O)[C@H](C=O)OCc2ccccc2O)cc(O)c(O)c1O. The molecule has 0 saturated carbocycles. The zero-order valence-corrected chi connectivity index (χ0v) is 16.0. The van der Waals surface area contributed by atoms with Crippen molar-refractivity contribution in [1.82, 2.24) is 0 Å². The lowest BCUT2D eigenvalue weighted by molar-refractivity contribution is -0.148. The first-order valence-electron chi connectivity index (χ1n) is 9.38. The lowest BCUT2D eigenvalue weighted by atomic mass is 10.0. The number of carbonyl (C=O) groups excluding carboxylic acids is 2. The van der Waals surface area contributed by atoms with Gasteiger partial charge in [0.1, 0.15) is 36.8 Å². The molecule has 168 valence electrons. The molecule has 2 aromatic carbocycles. The molecule has 0 aliphatic carbocycles. The smallest absolute Gasteiger partial charge is 0.338 e. The summed E-state index contributed by atoms with van der Waals surface area (Å²) in [5.74, 6) is -4.36. The van der Waals surface area contributed by atoms with Crippen LogP contribution in [0.3, 0.4) is 0 Å². The minimum absolute atomic E-state index is 0.112. The predicted octanol–water partition coefficient (Wildman–Crippen LogP) is -0.467. The first-order valence-corrected chi connectivity index (χ1v) is 8.88. The summed E-state index contributed by atoms with van der Waals surface area (Å²) < 4.78 is 17.5. The van der Waals surface area contributed by atoms with Gasteiger partial charge in [0.2, 0.25) is 0 Å². The van der Waals surface area contributed by atoms with Crippen molar-refractivity contribution in [1.29, 1.82) is 0 Å². The number of hydrogen-bond acceptors (Lipinski definition) is 11. The molecule has 7 N–H and O–H groups in total. The average Bonchev–Trinajstić information content (AvgIpc) is 2.78. The molecule has 0 spiro atoms. The zero-order valence-electron chi connectivity index (χ0n) is 17.0. The molecule has 0 saturated heterocycles. The van der Waals surface area contributed by atoms with E-state index >= 15 is 0 Å². The van der Waals surface area contributed by atoms with Gasteiger partial charge in [-0.05, 0) is 18.2 Å². The van der Waals surface area contributed by atoms with E-state index in [1.165, 1.54) is 12.1 Å². The van der Waals surface area contributed by atoms with Gasteiger partial charge in [0.05, 0.1) is 13.5 Å². The van der Waals surface area contributed by atoms with Crippen molar-refractivity contribution < 1.29 is 56.2 Å². The summed E-state index contributed by atoms with van der Waals surface area (Å²) in [5, 5.41) is 68.2. The number of phenolic OH excluding ortho intramolecular Hbond substituents is 4. The Morgan fingerprint density at radius 3 is 2.35 bits per heavy atom. The third-order valence-electron chi connectivity index (χ3n) is 4.24. The Labute approximate surface area is 177 Å². The Morgan fingerprint density at radius 2 is 1.71 bits per heavy atom. The maximum atomic E-state index is 12.1. The van der Waals surface area contributed by atoms with Crippen LogP contribution in [0.5, 0.6) is 23.0 Å². The number of benzene rings is 2. The van der Waals surface area contributed by atoms with E-state index in [4.69, 9.17) is 10.8 Å². The molecule has 0 aliphatic heterocycles. The zero-order chi connectivity index (χ0) is 24.0. The van der Waals surface area contributed by atoms with Gasteiger partial charge < -0.3 is 50.0 Å². The highest BCUT2D eigenvalue weighted by Gasteiger charge is 2.33. The first-order chi connectivity index (χ1) is 15.1. The van der Waals surface area contributed by atoms with Crippen LogP contribution in [-0.4, -0.2) is 79.0 Å². The fourth-order valence-electron chi connectivity index (χ4n) is 2.46. The highest BCUT2D eigenvalue weighted by molar-refractivity contribution is 5.91. The third-order valence-corrected chi connectivity index (χ3v) is 4.24. The molecule has 0 heterocycles. The third kappa shape index (κ3) is 6.06. The van der Waals surface area contributed by atoms with Crippen molar-refractivity contribution in [2.45, 2.75) is 31.0 Å². The van der Waals surface area contributed by atoms with Gasteiger partial charge in [0, 0.05) is 5.56 Å². The van der Waals surface area contributed by atoms with Crippen molar-refractivity contribution in [2.75, 3.05) is 6.61 Å². The quantitative estimate of drug-likeness (QED) is 0.144. The summed E-state index contributed by atoms with van der Waals surface area (Å²) in [6, 6.07) is 5.87. The summed E-state index contributed by atoms with van der Waals surface area (Å²) in [7, 11) is 0. The number of aliphatic hydroxyl groups is 3. The number of carbonyl (C=O) groups is 2. The molecule has 4 atom stereocenters. The molecule has 0 aromatic heterocycles. The maximum Gasteiger partial charge on any atom is 0.338 e. The van der Waals surface area contributed by atoms with Crippen LogP contribution >= 0.6 is 0 Å². The van der Waals surface area contributed by atoms with Crippen LogP contribution < -0.4 is 0 Å². The molecule has 31 heavy (non-hydrogen) atoms. The van der Waals surface area contributed by atoms with Gasteiger partial charge in [-0.3, -0.25) is 0 Å². The molecular formula is C20H22O11. The Bertz CT molecular complexity index is 965. The molecule has 0 amide bonds. The van der Waals surface area contributed by atoms with Gasteiger partial charge in [-0.2, -0.15) is 0 Å². The van der Waals surface area contributed by atoms with Crippen LogP contribution in [0.2, 0.25) is 0 Å². The van der Waals surface area contributed by atoms with E-state index in [1.807, 2.05) is 0 Å². The number of aldehydes is 1. The normalized spacial score (nSPS) is 15.4. The summed E-state index contributed by atoms with van der Waals surface area (Å²) in [5.41, 5.74) is -0.334. The fourth-order valence-corrected chi connectivity index (χ4v) is 2.46. The Balaban J connectivity index is 1.97. The summed E-state index contributed by atoms with van der Waals surface area (Å²) in [4.78, 5) is 23.3. The molecule has 11 nitrogen and oxygen atoms in total. The predicted molar refractivity (Wildman–Crippen MR) is 102 cm³/mol. The van der Waals surface area contributed by atoms with Crippen LogP contribution in [0.4, 0.5) is 0 Å². The number of rotatable bonds is 10. The van der Waals surface area contributed by atoms with E-state index in [0.717, 1.165) is 0 Å². The number of phenols is 4. The monoisotopic (exact) mass is 439 g/mol. The van der Waals surface area contributed by atoms with Gasteiger partial charge in [-0.15, -0.1) is 0 Å². The number of ether oxygens (including phenoxy) is 2. The van der Waals surface area contributed by atoms with E-state index in [1.54, 1.807) is 12.1 Å². The second-order valence-electron chi connectivity index (χ2n) is 6.45. The van der Waals surface area contributed by atoms with E-state index in [9.17, 15) is 45.3 Å². The highest BCUT2D eigenvalue weighted by atomic mass is 16.5. The highest BCUT2D eigenvalue weighted by Crippen LogP contribution is 2.35. The number of para-hydroxylation sites is 1. The van der Waals surface area contributed by atoms with Crippen LogP contribution in [-0.2, 0) is 20.9 Å². The molecule has 11 heteroatoms. The molecule has 0 fully saturated rings. The molecular weight excluding hydrogens is 416 g/mol. The van der Waals surface area contributed by atoms with Crippen molar-refractivity contribution in [3.8, 4) is 23.0 Å². The van der Waals surface area contributed by atoms with Crippen molar-refractivity contribution in [2.24, 2.45) is 0 Å². The van der Waals surface area contributed by atoms with E-state index in [0.29, 0.717) is 11.6 Å². The second kappa shape index (κ2) is 10.6. The van der Waals surface area contributed by atoms with E-state index < -0.39 is 65.8 Å². The second-order valence-corrected chi connectivity index (χ2v) is 6.45.